The van der Waals surface area contributed by atoms with Gasteiger partial charge in [0.05, 0.1) is 11.0 Å². The lowest BCUT2D eigenvalue weighted by atomic mass is 10.2. The Morgan fingerprint density at radius 2 is 1.87 bits per heavy atom. The summed E-state index contributed by atoms with van der Waals surface area (Å²) in [5, 5.41) is 9.95. The molecule has 1 aromatic rings. The maximum atomic E-state index is 11.2. The number of carbonyl (C=O) groups excluding carboxylic acids is 1. The largest absolute Gasteiger partial charge is 0.479 e. The van der Waals surface area contributed by atoms with Gasteiger partial charge in [-0.3, -0.25) is 4.79 Å². The summed E-state index contributed by atoms with van der Waals surface area (Å²) in [6.45, 7) is 7.48. The van der Waals surface area contributed by atoms with E-state index >= 15 is 0 Å². The number of nitrogens with zero attached hydrogens (tertiary/aromatic N) is 2. The van der Waals surface area contributed by atoms with Crippen LogP contribution in [0.2, 0.25) is 19.6 Å². The summed E-state index contributed by atoms with van der Waals surface area (Å²) in [6, 6.07) is -0.383. The molecule has 0 aliphatic carbocycles. The van der Waals surface area contributed by atoms with Gasteiger partial charge in [0.2, 0.25) is 0 Å². The van der Waals surface area contributed by atoms with Crippen LogP contribution in [0.5, 0.6) is 6.01 Å². The number of nitrogens with two attached hydrogens (primary N) is 1. The molecule has 0 amide bonds. The number of anilines is 1. The van der Waals surface area contributed by atoms with Gasteiger partial charge >= 0.3 is 6.01 Å². The second kappa shape index (κ2) is 3.61. The molecule has 1 rings (SSSR count). The SMILES string of the molecule is CC(=O)c1nc(O)nc([Si](C)(C)C)c1N. The van der Waals surface area contributed by atoms with Crippen LogP contribution in [0.15, 0.2) is 0 Å². The maximum Gasteiger partial charge on any atom is 0.314 e. The van der Waals surface area contributed by atoms with Gasteiger partial charge in [0.1, 0.15) is 13.8 Å². The molecule has 0 saturated carbocycles. The monoisotopic (exact) mass is 225 g/mol. The summed E-state index contributed by atoms with van der Waals surface area (Å²) in [7, 11) is -1.77. The first-order valence-electron chi connectivity index (χ1n) is 4.61. The third-order valence-corrected chi connectivity index (χ3v) is 3.78. The second-order valence-corrected chi connectivity index (χ2v) is 9.41. The van der Waals surface area contributed by atoms with E-state index in [2.05, 4.69) is 9.97 Å². The Balaban J connectivity index is 3.49. The van der Waals surface area contributed by atoms with Gasteiger partial charge < -0.3 is 10.8 Å². The van der Waals surface area contributed by atoms with Crippen molar-refractivity contribution in [1.82, 2.24) is 9.97 Å². The molecule has 1 heterocycles. The van der Waals surface area contributed by atoms with Gasteiger partial charge in [-0.25, -0.2) is 4.98 Å². The Morgan fingerprint density at radius 3 is 2.27 bits per heavy atom. The molecule has 0 aromatic carbocycles. The number of ketones is 1. The summed E-state index contributed by atoms with van der Waals surface area (Å²) in [5.41, 5.74) is 6.23. The van der Waals surface area contributed by atoms with E-state index in [-0.39, 0.29) is 17.5 Å². The van der Waals surface area contributed by atoms with Crippen molar-refractivity contribution >= 4 is 24.9 Å². The minimum Gasteiger partial charge on any atom is -0.479 e. The molecular formula is C9H15N3O2Si. The third kappa shape index (κ3) is 2.32. The van der Waals surface area contributed by atoms with Crippen LogP contribution < -0.4 is 11.1 Å². The van der Waals surface area contributed by atoms with Gasteiger partial charge in [0, 0.05) is 6.92 Å². The fraction of sp³-hybridized carbons (Fsp3) is 0.444. The summed E-state index contributed by atoms with van der Waals surface area (Å²) < 4.78 is 0. The van der Waals surface area contributed by atoms with Crippen molar-refractivity contribution in [1.29, 1.82) is 0 Å². The van der Waals surface area contributed by atoms with E-state index in [9.17, 15) is 9.90 Å². The molecule has 0 unspecified atom stereocenters. The summed E-state index contributed by atoms with van der Waals surface area (Å²) in [6.07, 6.45) is 0. The summed E-state index contributed by atoms with van der Waals surface area (Å²) in [4.78, 5) is 18.8. The topological polar surface area (TPSA) is 89.1 Å². The Kier molecular flexibility index (Phi) is 2.81. The molecule has 1 aromatic heterocycles. The van der Waals surface area contributed by atoms with E-state index in [1.807, 2.05) is 19.6 Å². The molecule has 0 radical (unpaired) electrons. The smallest absolute Gasteiger partial charge is 0.314 e. The molecule has 15 heavy (non-hydrogen) atoms. The molecule has 82 valence electrons. The van der Waals surface area contributed by atoms with Gasteiger partial charge in [0.25, 0.3) is 0 Å². The molecule has 0 fully saturated rings. The van der Waals surface area contributed by atoms with Crippen LogP contribution in [0, 0.1) is 0 Å². The van der Waals surface area contributed by atoms with Crippen LogP contribution in [0.25, 0.3) is 0 Å². The van der Waals surface area contributed by atoms with Crippen molar-refractivity contribution in [2.45, 2.75) is 26.6 Å². The minimum absolute atomic E-state index is 0.111. The minimum atomic E-state index is -1.77. The molecule has 0 atom stereocenters. The highest BCUT2D eigenvalue weighted by Gasteiger charge is 2.25. The highest BCUT2D eigenvalue weighted by atomic mass is 28.3. The van der Waals surface area contributed by atoms with Gasteiger partial charge in [0.15, 0.2) is 5.78 Å². The zero-order valence-electron chi connectivity index (χ0n) is 9.33. The Labute approximate surface area is 89.4 Å². The molecule has 3 N–H and O–H groups in total. The van der Waals surface area contributed by atoms with E-state index in [0.717, 1.165) is 0 Å². The van der Waals surface area contributed by atoms with Crippen LogP contribution in [-0.4, -0.2) is 28.9 Å². The highest BCUT2D eigenvalue weighted by Crippen LogP contribution is 2.14. The normalized spacial score (nSPS) is 11.5. The van der Waals surface area contributed by atoms with Gasteiger partial charge in [-0.05, 0) is 0 Å². The predicted octanol–water partition coefficient (Wildman–Crippen LogP) is 0.512. The zero-order chi connectivity index (χ0) is 11.8. The molecule has 0 bridgehead atoms. The molecule has 6 heteroatoms. The van der Waals surface area contributed by atoms with Crippen molar-refractivity contribution < 1.29 is 9.90 Å². The maximum absolute atomic E-state index is 11.2. The van der Waals surface area contributed by atoms with E-state index in [1.54, 1.807) is 0 Å². The van der Waals surface area contributed by atoms with E-state index < -0.39 is 8.07 Å². The first kappa shape index (κ1) is 11.6. The van der Waals surface area contributed by atoms with Gasteiger partial charge in [-0.15, -0.1) is 0 Å². The molecule has 5 nitrogen and oxygen atoms in total. The standard InChI is InChI=1S/C9H15N3O2Si/c1-5(13)7-6(10)8(15(2,3)4)12-9(14)11-7/h10H2,1-4H3,(H,11,12,14). The van der Waals surface area contributed by atoms with Crippen molar-refractivity contribution in [3.05, 3.63) is 5.69 Å². The van der Waals surface area contributed by atoms with Crippen molar-refractivity contribution in [3.63, 3.8) is 0 Å². The lowest BCUT2D eigenvalue weighted by Gasteiger charge is -2.18. The van der Waals surface area contributed by atoms with Crippen LogP contribution in [0.1, 0.15) is 17.4 Å². The first-order chi connectivity index (χ1) is 6.73. The van der Waals surface area contributed by atoms with Crippen LogP contribution >= 0.6 is 0 Å². The Hall–Kier alpha value is -1.43. The number of Topliss-reactive ketones (excluding diaryl/α,β-unsaturated/α-hetero) is 1. The molecule has 0 aliphatic rings. The summed E-state index contributed by atoms with van der Waals surface area (Å²) in [5.74, 6) is -0.260. The number of hydrogen-bond acceptors (Lipinski definition) is 5. The fourth-order valence-corrected chi connectivity index (χ4v) is 2.66. The number of nitrogen functional groups attached to an aromatic ring is 1. The molecule has 0 spiro atoms. The molecule has 0 saturated heterocycles. The fourth-order valence-electron chi connectivity index (χ4n) is 1.30. The van der Waals surface area contributed by atoms with Crippen molar-refractivity contribution in [2.75, 3.05) is 5.73 Å². The van der Waals surface area contributed by atoms with Crippen LogP contribution in [0.3, 0.4) is 0 Å². The van der Waals surface area contributed by atoms with Gasteiger partial charge in [-0.1, -0.05) is 19.6 Å². The average Bonchev–Trinajstić information content (AvgIpc) is 2.06. The Bertz CT molecular complexity index is 413. The molecular weight excluding hydrogens is 210 g/mol. The second-order valence-electron chi connectivity index (χ2n) is 4.44. The number of aromatic nitrogens is 2. The number of rotatable bonds is 2. The van der Waals surface area contributed by atoms with Crippen LogP contribution in [-0.2, 0) is 0 Å². The predicted molar refractivity (Wildman–Crippen MR) is 61.1 cm³/mol. The van der Waals surface area contributed by atoms with Crippen molar-refractivity contribution in [3.8, 4) is 6.01 Å². The Morgan fingerprint density at radius 1 is 1.33 bits per heavy atom. The number of carbonyl (C=O) groups is 1. The van der Waals surface area contributed by atoms with Crippen molar-refractivity contribution in [2.24, 2.45) is 0 Å². The summed E-state index contributed by atoms with van der Waals surface area (Å²) >= 11 is 0. The van der Waals surface area contributed by atoms with Crippen LogP contribution in [0.4, 0.5) is 5.69 Å². The van der Waals surface area contributed by atoms with E-state index in [4.69, 9.17) is 5.73 Å². The quantitative estimate of drug-likeness (QED) is 0.565. The number of hydrogen-bond donors (Lipinski definition) is 2. The first-order valence-corrected chi connectivity index (χ1v) is 8.11. The van der Waals surface area contributed by atoms with E-state index in [1.165, 1.54) is 6.92 Å². The lowest BCUT2D eigenvalue weighted by Crippen LogP contribution is -2.42. The van der Waals surface area contributed by atoms with E-state index in [0.29, 0.717) is 11.0 Å². The highest BCUT2D eigenvalue weighted by molar-refractivity contribution is 6.89. The average molecular weight is 225 g/mol. The lowest BCUT2D eigenvalue weighted by molar-refractivity contribution is 0.101. The molecule has 0 aliphatic heterocycles. The van der Waals surface area contributed by atoms with Gasteiger partial charge in [-0.2, -0.15) is 4.98 Å². The zero-order valence-corrected chi connectivity index (χ0v) is 10.3. The number of aromatic hydroxyl groups is 1. The third-order valence-electron chi connectivity index (χ3n) is 1.98.